The Morgan fingerprint density at radius 3 is 2.64 bits per heavy atom. The van der Waals surface area contributed by atoms with Gasteiger partial charge in [0.05, 0.1) is 0 Å². The van der Waals surface area contributed by atoms with Crippen LogP contribution in [0.15, 0.2) is 18.2 Å². The average molecular weight is 366 g/mol. The van der Waals surface area contributed by atoms with E-state index in [1.54, 1.807) is 11.8 Å². The van der Waals surface area contributed by atoms with Crippen LogP contribution >= 0.6 is 12.4 Å². The minimum absolute atomic E-state index is 0. The summed E-state index contributed by atoms with van der Waals surface area (Å²) in [5, 5.41) is 3.13. The molecule has 1 aromatic rings. The average Bonchev–Trinajstić information content (AvgIpc) is 3.03. The molecule has 1 aliphatic carbocycles. The third kappa shape index (κ3) is 4.33. The van der Waals surface area contributed by atoms with Crippen LogP contribution in [0, 0.1) is 5.92 Å². The monoisotopic (exact) mass is 365 g/mol. The fourth-order valence-corrected chi connectivity index (χ4v) is 4.03. The summed E-state index contributed by atoms with van der Waals surface area (Å²) < 4.78 is 0. The number of carbonyl (C=O) groups is 2. The van der Waals surface area contributed by atoms with E-state index in [2.05, 4.69) is 5.32 Å². The largest absolute Gasteiger partial charge is 0.348 e. The number of fused-ring (bicyclic) bond motifs is 1. The zero-order valence-electron chi connectivity index (χ0n) is 14.8. The van der Waals surface area contributed by atoms with Gasteiger partial charge in [-0.1, -0.05) is 19.3 Å². The van der Waals surface area contributed by atoms with Crippen LogP contribution in [0.25, 0.3) is 0 Å². The number of nitrogens with two attached hydrogens (primary N) is 1. The van der Waals surface area contributed by atoms with Gasteiger partial charge in [-0.05, 0) is 48.9 Å². The molecule has 0 aromatic heterocycles. The van der Waals surface area contributed by atoms with Crippen molar-refractivity contribution in [3.63, 3.8) is 0 Å². The Morgan fingerprint density at radius 2 is 2.00 bits per heavy atom. The highest BCUT2D eigenvalue weighted by atomic mass is 35.5. The zero-order chi connectivity index (χ0) is 17.1. The van der Waals surface area contributed by atoms with Crippen LogP contribution in [0.5, 0.6) is 0 Å². The van der Waals surface area contributed by atoms with Gasteiger partial charge in [-0.3, -0.25) is 9.59 Å². The summed E-state index contributed by atoms with van der Waals surface area (Å²) in [7, 11) is 0. The molecule has 1 unspecified atom stereocenters. The van der Waals surface area contributed by atoms with Gasteiger partial charge in [-0.25, -0.2) is 0 Å². The summed E-state index contributed by atoms with van der Waals surface area (Å²) in [5.41, 5.74) is 8.57. The highest BCUT2D eigenvalue weighted by molar-refractivity contribution is 5.98. The van der Waals surface area contributed by atoms with Crippen molar-refractivity contribution in [1.29, 1.82) is 0 Å². The van der Waals surface area contributed by atoms with E-state index in [-0.39, 0.29) is 30.3 Å². The molecule has 5 nitrogen and oxygen atoms in total. The second-order valence-electron chi connectivity index (χ2n) is 6.98. The molecule has 2 amide bonds. The number of nitrogens with zero attached hydrogens (tertiary/aromatic N) is 1. The van der Waals surface area contributed by atoms with Gasteiger partial charge >= 0.3 is 0 Å². The lowest BCUT2D eigenvalue weighted by molar-refractivity contribution is -0.116. The van der Waals surface area contributed by atoms with Crippen molar-refractivity contribution in [2.45, 2.75) is 51.5 Å². The number of anilines is 1. The van der Waals surface area contributed by atoms with Crippen LogP contribution in [0.1, 0.15) is 54.9 Å². The lowest BCUT2D eigenvalue weighted by Crippen LogP contribution is -2.45. The van der Waals surface area contributed by atoms with Crippen molar-refractivity contribution >= 4 is 29.9 Å². The molecule has 6 heteroatoms. The van der Waals surface area contributed by atoms with Crippen LogP contribution in [0.3, 0.4) is 0 Å². The summed E-state index contributed by atoms with van der Waals surface area (Å²) >= 11 is 0. The van der Waals surface area contributed by atoms with Crippen LogP contribution in [-0.4, -0.2) is 30.9 Å². The van der Waals surface area contributed by atoms with Gasteiger partial charge in [0, 0.05) is 37.3 Å². The van der Waals surface area contributed by atoms with Gasteiger partial charge in [0.15, 0.2) is 0 Å². The molecule has 1 fully saturated rings. The lowest BCUT2D eigenvalue weighted by Gasteiger charge is -2.30. The molecule has 3 rings (SSSR count). The van der Waals surface area contributed by atoms with Crippen molar-refractivity contribution < 1.29 is 9.59 Å². The second-order valence-corrected chi connectivity index (χ2v) is 6.98. The number of hydrogen-bond donors (Lipinski definition) is 2. The van der Waals surface area contributed by atoms with Gasteiger partial charge in [0.2, 0.25) is 5.91 Å². The zero-order valence-corrected chi connectivity index (χ0v) is 15.6. The van der Waals surface area contributed by atoms with E-state index in [1.807, 2.05) is 18.2 Å². The minimum Gasteiger partial charge on any atom is -0.348 e. The molecule has 1 atom stereocenters. The van der Waals surface area contributed by atoms with Gasteiger partial charge < -0.3 is 16.0 Å². The normalized spacial score (nSPS) is 18.2. The lowest BCUT2D eigenvalue weighted by atomic mass is 9.84. The molecule has 0 radical (unpaired) electrons. The Bertz CT molecular complexity index is 629. The molecule has 1 aromatic carbocycles. The summed E-state index contributed by atoms with van der Waals surface area (Å²) in [6, 6.07) is 5.67. The maximum absolute atomic E-state index is 12.6. The maximum Gasteiger partial charge on any atom is 0.251 e. The topological polar surface area (TPSA) is 75.4 Å². The first-order valence-corrected chi connectivity index (χ1v) is 9.02. The Balaban J connectivity index is 0.00000225. The molecule has 2 aliphatic rings. The van der Waals surface area contributed by atoms with Crippen molar-refractivity contribution in [2.24, 2.45) is 11.7 Å². The smallest absolute Gasteiger partial charge is 0.251 e. The Kier molecular flexibility index (Phi) is 6.85. The molecule has 138 valence electrons. The quantitative estimate of drug-likeness (QED) is 0.861. The molecular weight excluding hydrogens is 338 g/mol. The first-order valence-electron chi connectivity index (χ1n) is 9.02. The van der Waals surface area contributed by atoms with Crippen LogP contribution in [-0.2, 0) is 11.2 Å². The summed E-state index contributed by atoms with van der Waals surface area (Å²) in [4.78, 5) is 26.0. The fourth-order valence-electron chi connectivity index (χ4n) is 4.03. The van der Waals surface area contributed by atoms with E-state index in [0.29, 0.717) is 24.6 Å². The van der Waals surface area contributed by atoms with Gasteiger partial charge in [-0.2, -0.15) is 0 Å². The highest BCUT2D eigenvalue weighted by Crippen LogP contribution is 2.29. The standard InChI is InChI=1S/C19H27N3O2.ClH/c1-13(23)22-10-9-15-11-16(7-8-18(15)22)19(24)21-17(12-20)14-5-3-2-4-6-14;/h7-8,11,14,17H,2-6,9-10,12,20H2,1H3,(H,21,24);1H. The van der Waals surface area contributed by atoms with Crippen molar-refractivity contribution in [2.75, 3.05) is 18.0 Å². The Morgan fingerprint density at radius 1 is 1.28 bits per heavy atom. The minimum atomic E-state index is -0.0555. The molecule has 1 heterocycles. The number of halogens is 1. The van der Waals surface area contributed by atoms with E-state index in [9.17, 15) is 9.59 Å². The molecule has 0 spiro atoms. The van der Waals surface area contributed by atoms with Crippen molar-refractivity contribution in [3.8, 4) is 0 Å². The fraction of sp³-hybridized carbons (Fsp3) is 0.579. The number of benzene rings is 1. The number of nitrogens with one attached hydrogen (secondary N) is 1. The third-order valence-electron chi connectivity index (χ3n) is 5.41. The number of rotatable bonds is 4. The number of amides is 2. The predicted octanol–water partition coefficient (Wildman–Crippen LogP) is 2.65. The molecule has 1 aliphatic heterocycles. The highest BCUT2D eigenvalue weighted by Gasteiger charge is 2.26. The molecule has 1 saturated carbocycles. The molecule has 0 bridgehead atoms. The van der Waals surface area contributed by atoms with E-state index >= 15 is 0 Å². The molecular formula is C19H28ClN3O2. The summed E-state index contributed by atoms with van der Waals surface area (Å²) in [6.45, 7) is 2.76. The number of hydrogen-bond acceptors (Lipinski definition) is 3. The van der Waals surface area contributed by atoms with E-state index in [1.165, 1.54) is 19.3 Å². The predicted molar refractivity (Wildman–Crippen MR) is 102 cm³/mol. The SMILES string of the molecule is CC(=O)N1CCc2cc(C(=O)NC(CN)C3CCCCC3)ccc21.Cl. The van der Waals surface area contributed by atoms with Crippen LogP contribution in [0.4, 0.5) is 5.69 Å². The van der Waals surface area contributed by atoms with Gasteiger partial charge in [0.1, 0.15) is 0 Å². The van der Waals surface area contributed by atoms with Crippen molar-refractivity contribution in [1.82, 2.24) is 5.32 Å². The third-order valence-corrected chi connectivity index (χ3v) is 5.41. The van der Waals surface area contributed by atoms with Crippen LogP contribution in [0.2, 0.25) is 0 Å². The van der Waals surface area contributed by atoms with E-state index < -0.39 is 0 Å². The summed E-state index contributed by atoms with van der Waals surface area (Å²) in [6.07, 6.45) is 6.87. The summed E-state index contributed by atoms with van der Waals surface area (Å²) in [5.74, 6) is 0.488. The van der Waals surface area contributed by atoms with E-state index in [0.717, 1.165) is 30.5 Å². The van der Waals surface area contributed by atoms with E-state index in [4.69, 9.17) is 5.73 Å². The first-order chi connectivity index (χ1) is 11.6. The molecule has 25 heavy (non-hydrogen) atoms. The van der Waals surface area contributed by atoms with Gasteiger partial charge in [0.25, 0.3) is 5.91 Å². The Labute approximate surface area is 155 Å². The van der Waals surface area contributed by atoms with Gasteiger partial charge in [-0.15, -0.1) is 12.4 Å². The first kappa shape index (κ1) is 19.7. The second kappa shape index (κ2) is 8.68. The molecule has 0 saturated heterocycles. The number of carbonyl (C=O) groups excluding carboxylic acids is 2. The van der Waals surface area contributed by atoms with Crippen molar-refractivity contribution in [3.05, 3.63) is 29.3 Å². The molecule has 3 N–H and O–H groups in total. The van der Waals surface area contributed by atoms with Crippen LogP contribution < -0.4 is 16.0 Å². The maximum atomic E-state index is 12.6. The Hall–Kier alpha value is -1.59.